The van der Waals surface area contributed by atoms with E-state index in [1.165, 1.54) is 30.2 Å². The third-order valence-electron chi connectivity index (χ3n) is 5.85. The van der Waals surface area contributed by atoms with Crippen LogP contribution in [0.25, 0.3) is 0 Å². The van der Waals surface area contributed by atoms with Crippen molar-refractivity contribution in [3.63, 3.8) is 0 Å². The summed E-state index contributed by atoms with van der Waals surface area (Å²) in [4.78, 5) is 26.2. The van der Waals surface area contributed by atoms with Gasteiger partial charge >= 0.3 is 5.97 Å². The molecule has 3 aromatic rings. The van der Waals surface area contributed by atoms with Gasteiger partial charge in [-0.05, 0) is 68.4 Å². The number of halogens is 1. The molecule has 1 aliphatic rings. The molecule has 1 aromatic carbocycles. The van der Waals surface area contributed by atoms with E-state index >= 15 is 0 Å². The monoisotopic (exact) mass is 534 g/mol. The van der Waals surface area contributed by atoms with E-state index in [0.717, 1.165) is 52.3 Å². The fraction of sp³-hybridized carbons (Fsp3) is 0.417. The highest BCUT2D eigenvalue weighted by Crippen LogP contribution is 2.38. The Morgan fingerprint density at radius 1 is 1.20 bits per heavy atom. The minimum absolute atomic E-state index is 0.131. The largest absolute Gasteiger partial charge is 0.486 e. The number of hydrogen-bond donors (Lipinski definition) is 1. The lowest BCUT2D eigenvalue weighted by atomic mass is 9.95. The Labute approximate surface area is 217 Å². The third kappa shape index (κ3) is 5.65. The highest BCUT2D eigenvalue weighted by Gasteiger charge is 2.27. The lowest BCUT2D eigenvalue weighted by Gasteiger charge is -2.11. The van der Waals surface area contributed by atoms with E-state index in [1.807, 2.05) is 33.0 Å². The van der Waals surface area contributed by atoms with Crippen LogP contribution in [0.15, 0.2) is 17.3 Å². The Bertz CT molecular complexity index is 1250. The summed E-state index contributed by atoms with van der Waals surface area (Å²) in [7, 11) is 3.20. The number of nitrogens with zero attached hydrogens (tertiary/aromatic N) is 3. The van der Waals surface area contributed by atoms with Crippen LogP contribution in [0, 0.1) is 13.8 Å². The maximum absolute atomic E-state index is 12.7. The molecule has 4 rings (SSSR count). The molecule has 0 aliphatic heterocycles. The number of fused-ring (bicyclic) bond motifs is 1. The summed E-state index contributed by atoms with van der Waals surface area (Å²) in [5.74, 6) is 0.854. The van der Waals surface area contributed by atoms with E-state index in [9.17, 15) is 9.59 Å². The summed E-state index contributed by atoms with van der Waals surface area (Å²) in [6, 6.07) is 3.77. The second-order valence-corrected chi connectivity index (χ2v) is 10.8. The lowest BCUT2D eigenvalue weighted by molar-refractivity contribution is -0.113. The van der Waals surface area contributed by atoms with Crippen LogP contribution in [0.5, 0.6) is 5.75 Å². The number of aromatic nitrogens is 3. The molecule has 1 N–H and O–H groups in total. The van der Waals surface area contributed by atoms with Gasteiger partial charge in [-0.15, -0.1) is 21.5 Å². The molecule has 2 aromatic heterocycles. The standard InChI is InChI=1S/C24H27ClN4O4S2/c1-13-9-15(10-14(2)21(13)25)33-11-18-27-28-24(29(18)3)34-12-19(30)26-22-20(23(31)32-4)16-7-5-6-8-17(16)35-22/h9-10H,5-8,11-12H2,1-4H3,(H,26,30). The molecule has 35 heavy (non-hydrogen) atoms. The van der Waals surface area contributed by atoms with E-state index in [0.29, 0.717) is 27.3 Å². The third-order valence-corrected chi connectivity index (χ3v) is 8.67. The number of anilines is 1. The fourth-order valence-electron chi connectivity index (χ4n) is 4.00. The molecule has 0 atom stereocenters. The van der Waals surface area contributed by atoms with Crippen LogP contribution in [0.3, 0.4) is 0 Å². The van der Waals surface area contributed by atoms with Gasteiger partial charge in [0.05, 0.1) is 18.4 Å². The number of carbonyl (C=O) groups is 2. The van der Waals surface area contributed by atoms with Gasteiger partial charge in [0.15, 0.2) is 11.0 Å². The first-order valence-electron chi connectivity index (χ1n) is 11.2. The average Bonchev–Trinajstić information content (AvgIpc) is 3.38. The van der Waals surface area contributed by atoms with Crippen LogP contribution in [-0.4, -0.2) is 39.5 Å². The molecule has 1 amide bonds. The Morgan fingerprint density at radius 3 is 2.63 bits per heavy atom. The number of ether oxygens (including phenoxy) is 2. The van der Waals surface area contributed by atoms with Crippen molar-refractivity contribution in [2.75, 3.05) is 18.2 Å². The van der Waals surface area contributed by atoms with E-state index < -0.39 is 5.97 Å². The Kier molecular flexibility index (Phi) is 8.03. The Morgan fingerprint density at radius 2 is 1.91 bits per heavy atom. The van der Waals surface area contributed by atoms with Crippen molar-refractivity contribution < 1.29 is 19.1 Å². The number of benzene rings is 1. The number of amides is 1. The maximum atomic E-state index is 12.7. The molecule has 1 aliphatic carbocycles. The predicted octanol–water partition coefficient (Wildman–Crippen LogP) is 5.12. The summed E-state index contributed by atoms with van der Waals surface area (Å²) in [5.41, 5.74) is 3.41. The van der Waals surface area contributed by atoms with Crippen molar-refractivity contribution in [3.8, 4) is 5.75 Å². The SMILES string of the molecule is COC(=O)c1c(NC(=O)CSc2nnc(COc3cc(C)c(Cl)c(C)c3)n2C)sc2c1CCCC2. The Balaban J connectivity index is 1.37. The smallest absolute Gasteiger partial charge is 0.341 e. The minimum Gasteiger partial charge on any atom is -0.486 e. The van der Waals surface area contributed by atoms with Crippen molar-refractivity contribution in [3.05, 3.63) is 50.1 Å². The quantitative estimate of drug-likeness (QED) is 0.316. The van der Waals surface area contributed by atoms with Gasteiger partial charge in [-0.25, -0.2) is 4.79 Å². The first kappa shape index (κ1) is 25.5. The molecule has 0 spiro atoms. The first-order valence-corrected chi connectivity index (χ1v) is 13.4. The normalized spacial score (nSPS) is 12.8. The van der Waals surface area contributed by atoms with Crippen LogP contribution < -0.4 is 10.1 Å². The van der Waals surface area contributed by atoms with E-state index in [2.05, 4.69) is 15.5 Å². The van der Waals surface area contributed by atoms with Gasteiger partial charge in [0.1, 0.15) is 17.4 Å². The minimum atomic E-state index is -0.406. The number of thiophene rings is 1. The lowest BCUT2D eigenvalue weighted by Crippen LogP contribution is -2.17. The van der Waals surface area contributed by atoms with Crippen molar-refractivity contribution in [1.29, 1.82) is 0 Å². The Hall–Kier alpha value is -2.56. The van der Waals surface area contributed by atoms with Crippen molar-refractivity contribution in [2.24, 2.45) is 7.05 Å². The molecule has 0 unspecified atom stereocenters. The van der Waals surface area contributed by atoms with Gasteiger partial charge in [-0.2, -0.15) is 0 Å². The van der Waals surface area contributed by atoms with Crippen LogP contribution in [-0.2, 0) is 36.0 Å². The number of nitrogens with one attached hydrogen (secondary N) is 1. The molecule has 0 bridgehead atoms. The summed E-state index contributed by atoms with van der Waals surface area (Å²) >= 11 is 8.97. The molecule has 186 valence electrons. The van der Waals surface area contributed by atoms with Crippen LogP contribution in [0.4, 0.5) is 5.00 Å². The second-order valence-electron chi connectivity index (χ2n) is 8.36. The zero-order chi connectivity index (χ0) is 25.1. The van der Waals surface area contributed by atoms with Gasteiger partial charge in [0.2, 0.25) is 5.91 Å². The highest BCUT2D eigenvalue weighted by molar-refractivity contribution is 7.99. The topological polar surface area (TPSA) is 95.3 Å². The van der Waals surface area contributed by atoms with Crippen molar-refractivity contribution in [2.45, 2.75) is 51.3 Å². The van der Waals surface area contributed by atoms with E-state index in [1.54, 1.807) is 4.57 Å². The first-order chi connectivity index (χ1) is 16.8. The maximum Gasteiger partial charge on any atom is 0.341 e. The fourth-order valence-corrected chi connectivity index (χ4v) is 6.13. The van der Waals surface area contributed by atoms with Crippen LogP contribution in [0.2, 0.25) is 5.02 Å². The number of rotatable bonds is 8. The van der Waals surface area contributed by atoms with Crippen LogP contribution >= 0.6 is 34.7 Å². The molecule has 2 heterocycles. The van der Waals surface area contributed by atoms with Gasteiger partial charge in [0, 0.05) is 16.9 Å². The van der Waals surface area contributed by atoms with E-state index in [4.69, 9.17) is 21.1 Å². The molecule has 8 nitrogen and oxygen atoms in total. The van der Waals surface area contributed by atoms with Gasteiger partial charge < -0.3 is 19.4 Å². The molecule has 0 radical (unpaired) electrons. The summed E-state index contributed by atoms with van der Waals surface area (Å²) in [6.07, 6.45) is 3.88. The van der Waals surface area contributed by atoms with Crippen molar-refractivity contribution in [1.82, 2.24) is 14.8 Å². The van der Waals surface area contributed by atoms with E-state index in [-0.39, 0.29) is 18.3 Å². The molecule has 0 saturated heterocycles. The highest BCUT2D eigenvalue weighted by atomic mass is 35.5. The molecular weight excluding hydrogens is 508 g/mol. The molecule has 0 fully saturated rings. The number of methoxy groups -OCH3 is 1. The second kappa shape index (κ2) is 11.0. The summed E-state index contributed by atoms with van der Waals surface area (Å²) in [5, 5.41) is 13.2. The van der Waals surface area contributed by atoms with Gasteiger partial charge in [0.25, 0.3) is 0 Å². The molecule has 11 heteroatoms. The number of thioether (sulfide) groups is 1. The summed E-state index contributed by atoms with van der Waals surface area (Å²) < 4.78 is 12.7. The van der Waals surface area contributed by atoms with Gasteiger partial charge in [-0.1, -0.05) is 23.4 Å². The zero-order valence-corrected chi connectivity index (χ0v) is 22.5. The number of aryl methyl sites for hydroxylation is 3. The number of hydrogen-bond acceptors (Lipinski definition) is 8. The average molecular weight is 535 g/mol. The van der Waals surface area contributed by atoms with Crippen LogP contribution in [0.1, 0.15) is 50.6 Å². The molecule has 0 saturated carbocycles. The predicted molar refractivity (Wildman–Crippen MR) is 138 cm³/mol. The number of carbonyl (C=O) groups excluding carboxylic acids is 2. The molecular formula is C24H27ClN4O4S2. The number of esters is 1. The van der Waals surface area contributed by atoms with Gasteiger partial charge in [-0.3, -0.25) is 4.79 Å². The summed E-state index contributed by atoms with van der Waals surface area (Å²) in [6.45, 7) is 4.10. The van der Waals surface area contributed by atoms with Crippen molar-refractivity contribution >= 4 is 51.6 Å². The zero-order valence-electron chi connectivity index (χ0n) is 20.1.